The number of hydrogen-bond acceptors (Lipinski definition) is 5. The van der Waals surface area contributed by atoms with Gasteiger partial charge in [-0.2, -0.15) is 0 Å². The Labute approximate surface area is 173 Å². The summed E-state index contributed by atoms with van der Waals surface area (Å²) in [6, 6.07) is 5.48. The number of aromatic nitrogens is 1. The lowest BCUT2D eigenvalue weighted by atomic mass is 9.94. The molecule has 0 amide bonds. The van der Waals surface area contributed by atoms with Crippen molar-refractivity contribution < 1.29 is 14.1 Å². The van der Waals surface area contributed by atoms with Gasteiger partial charge in [0.2, 0.25) is 0 Å². The topological polar surface area (TPSA) is 55.6 Å². The van der Waals surface area contributed by atoms with E-state index in [1.807, 2.05) is 6.92 Å². The van der Waals surface area contributed by atoms with Crippen LogP contribution in [0.25, 0.3) is 11.3 Å². The third-order valence-corrected chi connectivity index (χ3v) is 7.06. The van der Waals surface area contributed by atoms with Crippen LogP contribution in [-0.2, 0) is 4.74 Å². The Morgan fingerprint density at radius 3 is 2.64 bits per heavy atom. The number of likely N-dealkylation sites (tertiary alicyclic amines) is 1. The van der Waals surface area contributed by atoms with Crippen molar-refractivity contribution >= 4 is 29.2 Å². The van der Waals surface area contributed by atoms with Gasteiger partial charge in [0.15, 0.2) is 5.76 Å². The standard InChI is InChI=1S/C21H22Cl2N2O3/c1-21(9-11-8-15(21)25(2)10-11)27-20(26)17-18(24-28-19(17)12-6-7-12)16-13(22)4-3-5-14(16)23/h3-5,11-12,15H,6-10H2,1-2H3/t11-,15+,21-/m0/s1. The van der Waals surface area contributed by atoms with Crippen LogP contribution in [0.15, 0.2) is 22.7 Å². The van der Waals surface area contributed by atoms with Crippen LogP contribution < -0.4 is 0 Å². The number of halogens is 2. The van der Waals surface area contributed by atoms with E-state index < -0.39 is 11.6 Å². The number of likely N-dealkylation sites (N-methyl/N-ethyl adjacent to an activating group) is 1. The van der Waals surface area contributed by atoms with Gasteiger partial charge in [-0.3, -0.25) is 4.90 Å². The van der Waals surface area contributed by atoms with Crippen LogP contribution in [0.4, 0.5) is 0 Å². The molecule has 1 aliphatic heterocycles. The van der Waals surface area contributed by atoms with E-state index in [2.05, 4.69) is 17.1 Å². The number of piperidine rings is 1. The summed E-state index contributed by atoms with van der Waals surface area (Å²) < 4.78 is 11.7. The zero-order chi connectivity index (χ0) is 19.6. The van der Waals surface area contributed by atoms with Gasteiger partial charge in [-0.05, 0) is 57.7 Å². The van der Waals surface area contributed by atoms with Gasteiger partial charge in [0.05, 0.1) is 10.0 Å². The molecule has 1 aromatic carbocycles. The lowest BCUT2D eigenvalue weighted by Crippen LogP contribution is -2.50. The maximum Gasteiger partial charge on any atom is 0.344 e. The SMILES string of the molecule is CN1C[C@H]2C[C@@H]1[C@@](C)(OC(=O)c1c(-c3c(Cl)cccc3Cl)noc1C1CC1)C2. The number of carbonyl (C=O) groups is 1. The molecule has 0 unspecified atom stereocenters. The average molecular weight is 421 g/mol. The number of nitrogens with zero attached hydrogens (tertiary/aromatic N) is 2. The van der Waals surface area contributed by atoms with E-state index in [9.17, 15) is 4.79 Å². The Hall–Kier alpha value is -1.56. The highest BCUT2D eigenvalue weighted by molar-refractivity contribution is 6.39. The molecule has 148 valence electrons. The van der Waals surface area contributed by atoms with Crippen molar-refractivity contribution in [1.82, 2.24) is 10.1 Å². The van der Waals surface area contributed by atoms with Gasteiger partial charge in [-0.25, -0.2) is 4.79 Å². The molecule has 1 aromatic heterocycles. The molecule has 5 nitrogen and oxygen atoms in total. The first-order chi connectivity index (χ1) is 13.4. The second-order valence-electron chi connectivity index (χ2n) is 8.60. The maximum absolute atomic E-state index is 13.4. The molecule has 3 atom stereocenters. The smallest absolute Gasteiger partial charge is 0.344 e. The first-order valence-electron chi connectivity index (χ1n) is 9.75. The van der Waals surface area contributed by atoms with Crippen molar-refractivity contribution in [3.63, 3.8) is 0 Å². The summed E-state index contributed by atoms with van der Waals surface area (Å²) in [5.41, 5.74) is 0.768. The van der Waals surface area contributed by atoms with Gasteiger partial charge in [0.25, 0.3) is 0 Å². The molecule has 2 aromatic rings. The normalized spacial score (nSPS) is 29.4. The fourth-order valence-electron chi connectivity index (χ4n) is 5.07. The number of fused-ring (bicyclic) bond motifs is 2. The Bertz CT molecular complexity index is 935. The largest absolute Gasteiger partial charge is 0.454 e. The van der Waals surface area contributed by atoms with Crippen molar-refractivity contribution in [3.8, 4) is 11.3 Å². The molecule has 2 saturated carbocycles. The minimum atomic E-state index is -0.506. The summed E-state index contributed by atoms with van der Waals surface area (Å²) in [5, 5.41) is 5.06. The second-order valence-corrected chi connectivity index (χ2v) is 9.42. The lowest BCUT2D eigenvalue weighted by Gasteiger charge is -2.38. The van der Waals surface area contributed by atoms with Crippen molar-refractivity contribution in [2.45, 2.75) is 50.2 Å². The number of esters is 1. The van der Waals surface area contributed by atoms with Crippen LogP contribution >= 0.6 is 23.2 Å². The zero-order valence-electron chi connectivity index (χ0n) is 15.9. The van der Waals surface area contributed by atoms with Crippen LogP contribution in [0, 0.1) is 5.92 Å². The van der Waals surface area contributed by atoms with Crippen molar-refractivity contribution in [2.75, 3.05) is 13.6 Å². The number of carbonyl (C=O) groups excluding carboxylic acids is 1. The van der Waals surface area contributed by atoms with E-state index in [4.69, 9.17) is 32.5 Å². The van der Waals surface area contributed by atoms with Crippen LogP contribution in [0.3, 0.4) is 0 Å². The van der Waals surface area contributed by atoms with Crippen LogP contribution in [0.2, 0.25) is 10.0 Å². The second kappa shape index (κ2) is 6.48. The first-order valence-corrected chi connectivity index (χ1v) is 10.5. The summed E-state index contributed by atoms with van der Waals surface area (Å²) in [6.45, 7) is 3.11. The van der Waals surface area contributed by atoms with Gasteiger partial charge < -0.3 is 9.26 Å². The Morgan fingerprint density at radius 2 is 2.04 bits per heavy atom. The fourth-order valence-corrected chi connectivity index (χ4v) is 5.65. The van der Waals surface area contributed by atoms with E-state index in [-0.39, 0.29) is 12.0 Å². The molecule has 3 fully saturated rings. The van der Waals surface area contributed by atoms with E-state index in [1.54, 1.807) is 18.2 Å². The minimum absolute atomic E-state index is 0.209. The van der Waals surface area contributed by atoms with Gasteiger partial charge >= 0.3 is 5.97 Å². The van der Waals surface area contributed by atoms with Crippen LogP contribution in [0.1, 0.15) is 54.6 Å². The summed E-state index contributed by atoms with van der Waals surface area (Å²) >= 11 is 12.8. The third-order valence-electron chi connectivity index (χ3n) is 6.43. The quantitative estimate of drug-likeness (QED) is 0.638. The molecule has 5 rings (SSSR count). The highest BCUT2D eigenvalue weighted by atomic mass is 35.5. The third kappa shape index (κ3) is 2.87. The maximum atomic E-state index is 13.4. The van der Waals surface area contributed by atoms with E-state index in [1.165, 1.54) is 0 Å². The molecule has 7 heteroatoms. The van der Waals surface area contributed by atoms with Crippen molar-refractivity contribution in [2.24, 2.45) is 5.92 Å². The summed E-state index contributed by atoms with van der Waals surface area (Å²) in [7, 11) is 2.10. The van der Waals surface area contributed by atoms with E-state index in [0.29, 0.717) is 38.5 Å². The molecule has 0 radical (unpaired) electrons. The van der Waals surface area contributed by atoms with E-state index in [0.717, 1.165) is 32.2 Å². The van der Waals surface area contributed by atoms with Gasteiger partial charge in [-0.15, -0.1) is 0 Å². The van der Waals surface area contributed by atoms with Crippen LogP contribution in [0.5, 0.6) is 0 Å². The predicted molar refractivity (Wildman–Crippen MR) is 107 cm³/mol. The van der Waals surface area contributed by atoms with Crippen molar-refractivity contribution in [3.05, 3.63) is 39.6 Å². The Balaban J connectivity index is 1.54. The molecule has 2 heterocycles. The predicted octanol–water partition coefficient (Wildman–Crippen LogP) is 5.17. The average Bonchev–Trinajstić information content (AvgIpc) is 3.15. The highest BCUT2D eigenvalue weighted by Gasteiger charge is 2.54. The van der Waals surface area contributed by atoms with Crippen molar-refractivity contribution in [1.29, 1.82) is 0 Å². The molecule has 2 aliphatic carbocycles. The number of rotatable bonds is 4. The summed E-state index contributed by atoms with van der Waals surface area (Å²) in [6.07, 6.45) is 3.92. The van der Waals surface area contributed by atoms with Gasteiger partial charge in [0, 0.05) is 24.1 Å². The molecule has 1 saturated heterocycles. The molecular weight excluding hydrogens is 399 g/mol. The number of benzene rings is 1. The van der Waals surface area contributed by atoms with Gasteiger partial charge in [-0.1, -0.05) is 34.4 Å². The van der Waals surface area contributed by atoms with Gasteiger partial charge in [0.1, 0.15) is 16.9 Å². The number of ether oxygens (including phenoxy) is 1. The molecule has 0 spiro atoms. The Kier molecular flexibility index (Phi) is 4.27. The molecule has 2 bridgehead atoms. The highest BCUT2D eigenvalue weighted by Crippen LogP contribution is 2.49. The first kappa shape index (κ1) is 18.5. The Morgan fingerprint density at radius 1 is 1.32 bits per heavy atom. The van der Waals surface area contributed by atoms with E-state index >= 15 is 0 Å². The lowest BCUT2D eigenvalue weighted by molar-refractivity contribution is -0.0502. The summed E-state index contributed by atoms with van der Waals surface area (Å²) in [5.74, 6) is 0.991. The molecule has 28 heavy (non-hydrogen) atoms. The molecule has 3 aliphatic rings. The number of hydrogen-bond donors (Lipinski definition) is 0. The molecule has 0 N–H and O–H groups in total. The fraction of sp³-hybridized carbons (Fsp3) is 0.524. The monoisotopic (exact) mass is 420 g/mol. The minimum Gasteiger partial charge on any atom is -0.454 e. The van der Waals surface area contributed by atoms with Crippen LogP contribution in [-0.4, -0.2) is 41.3 Å². The molecular formula is C21H22Cl2N2O3. The summed E-state index contributed by atoms with van der Waals surface area (Å²) in [4.78, 5) is 15.7. The zero-order valence-corrected chi connectivity index (χ0v) is 17.4.